The van der Waals surface area contributed by atoms with E-state index in [9.17, 15) is 18.0 Å². The van der Waals surface area contributed by atoms with Gasteiger partial charge >= 0.3 is 0 Å². The first-order valence-electron chi connectivity index (χ1n) is 11.5. The lowest BCUT2D eigenvalue weighted by molar-refractivity contribution is -0.140. The van der Waals surface area contributed by atoms with Crippen LogP contribution in [-0.2, 0) is 26.2 Å². The van der Waals surface area contributed by atoms with Gasteiger partial charge in [0, 0.05) is 17.6 Å². The molecule has 10 heteroatoms. The van der Waals surface area contributed by atoms with Crippen molar-refractivity contribution in [2.45, 2.75) is 52.2 Å². The van der Waals surface area contributed by atoms with Gasteiger partial charge in [0.25, 0.3) is 0 Å². The smallest absolute Gasteiger partial charge is 0.244 e. The van der Waals surface area contributed by atoms with Crippen LogP contribution in [0.15, 0.2) is 48.5 Å². The van der Waals surface area contributed by atoms with Gasteiger partial charge in [0.05, 0.1) is 19.1 Å². The van der Waals surface area contributed by atoms with Crippen molar-refractivity contribution < 1.29 is 22.7 Å². The monoisotopic (exact) mass is 523 g/mol. The van der Waals surface area contributed by atoms with Crippen molar-refractivity contribution in [2.75, 3.05) is 24.2 Å². The lowest BCUT2D eigenvalue weighted by Gasteiger charge is -2.33. The summed E-state index contributed by atoms with van der Waals surface area (Å²) in [5, 5.41) is 3.28. The molecule has 2 aromatic rings. The van der Waals surface area contributed by atoms with Crippen molar-refractivity contribution >= 4 is 39.1 Å². The molecule has 0 aliphatic carbocycles. The molecule has 0 unspecified atom stereocenters. The molecule has 192 valence electrons. The van der Waals surface area contributed by atoms with Gasteiger partial charge in [0.1, 0.15) is 18.3 Å². The zero-order chi connectivity index (χ0) is 26.2. The second-order valence-electron chi connectivity index (χ2n) is 8.36. The minimum atomic E-state index is -3.82. The molecule has 8 nitrogen and oxygen atoms in total. The third-order valence-electron chi connectivity index (χ3n) is 5.65. The summed E-state index contributed by atoms with van der Waals surface area (Å²) in [7, 11) is -2.27. The average Bonchev–Trinajstić information content (AvgIpc) is 2.81. The fraction of sp³-hybridized carbons (Fsp3) is 0.440. The molecule has 2 amide bonds. The lowest BCUT2D eigenvalue weighted by Crippen LogP contribution is -2.53. The molecule has 0 saturated carbocycles. The van der Waals surface area contributed by atoms with Crippen molar-refractivity contribution in [3.05, 3.63) is 59.1 Å². The molecule has 0 aliphatic rings. The van der Waals surface area contributed by atoms with Gasteiger partial charge in [-0.1, -0.05) is 43.6 Å². The van der Waals surface area contributed by atoms with Gasteiger partial charge in [0.2, 0.25) is 21.8 Å². The van der Waals surface area contributed by atoms with Gasteiger partial charge in [-0.3, -0.25) is 13.9 Å². The number of anilines is 1. The summed E-state index contributed by atoms with van der Waals surface area (Å²) in [5.74, 6) is -0.181. The maximum Gasteiger partial charge on any atom is 0.244 e. The van der Waals surface area contributed by atoms with Crippen molar-refractivity contribution in [3.63, 3.8) is 0 Å². The molecule has 0 heterocycles. The van der Waals surface area contributed by atoms with Gasteiger partial charge in [-0.25, -0.2) is 8.42 Å². The molecule has 0 radical (unpaired) electrons. The normalized spacial score (nSPS) is 13.0. The first-order chi connectivity index (χ1) is 16.5. The number of carbonyl (C=O) groups excluding carboxylic acids is 2. The Bertz CT molecular complexity index is 1130. The van der Waals surface area contributed by atoms with E-state index in [0.29, 0.717) is 17.2 Å². The Morgan fingerprint density at radius 2 is 1.77 bits per heavy atom. The number of ether oxygens (including phenoxy) is 1. The van der Waals surface area contributed by atoms with E-state index in [1.165, 1.54) is 11.0 Å². The highest BCUT2D eigenvalue weighted by atomic mass is 35.5. The summed E-state index contributed by atoms with van der Waals surface area (Å²) >= 11 is 6.07. The Balaban J connectivity index is 2.45. The van der Waals surface area contributed by atoms with Crippen LogP contribution in [0.3, 0.4) is 0 Å². The van der Waals surface area contributed by atoms with Crippen molar-refractivity contribution in [3.8, 4) is 5.75 Å². The zero-order valence-electron chi connectivity index (χ0n) is 20.8. The third kappa shape index (κ3) is 8.14. The average molecular weight is 524 g/mol. The Morgan fingerprint density at radius 1 is 1.09 bits per heavy atom. The predicted molar refractivity (Wildman–Crippen MR) is 139 cm³/mol. The van der Waals surface area contributed by atoms with E-state index >= 15 is 0 Å². The summed E-state index contributed by atoms with van der Waals surface area (Å²) < 4.78 is 31.5. The molecule has 0 aromatic heterocycles. The van der Waals surface area contributed by atoms with Gasteiger partial charge in [-0.05, 0) is 55.7 Å². The highest BCUT2D eigenvalue weighted by Crippen LogP contribution is 2.23. The van der Waals surface area contributed by atoms with E-state index in [1.807, 2.05) is 26.8 Å². The fourth-order valence-corrected chi connectivity index (χ4v) is 4.60. The van der Waals surface area contributed by atoms with Crippen LogP contribution in [0.25, 0.3) is 0 Å². The predicted octanol–water partition coefficient (Wildman–Crippen LogP) is 3.84. The van der Waals surface area contributed by atoms with Gasteiger partial charge < -0.3 is 15.0 Å². The molecule has 0 aliphatic heterocycles. The maximum atomic E-state index is 13.7. The molecule has 2 rings (SSSR count). The molecule has 2 atom stereocenters. The molecule has 0 bridgehead atoms. The van der Waals surface area contributed by atoms with Crippen LogP contribution in [0.2, 0.25) is 5.02 Å². The van der Waals surface area contributed by atoms with Gasteiger partial charge in [-0.2, -0.15) is 0 Å². The number of hydrogen-bond donors (Lipinski definition) is 1. The number of amides is 2. The van der Waals surface area contributed by atoms with Crippen molar-refractivity contribution in [1.82, 2.24) is 10.2 Å². The van der Waals surface area contributed by atoms with E-state index in [0.717, 1.165) is 22.5 Å². The minimum absolute atomic E-state index is 0.0655. The van der Waals surface area contributed by atoms with E-state index in [1.54, 1.807) is 43.5 Å². The SMILES string of the molecule is CC[C@H](C(=O)N[C@@H](C)CC)N(Cc1cccc(OC)c1)C(=O)CN(c1cccc(Cl)c1)S(C)(=O)=O. The van der Waals surface area contributed by atoms with E-state index in [4.69, 9.17) is 16.3 Å². The maximum absolute atomic E-state index is 13.7. The number of hydrogen-bond acceptors (Lipinski definition) is 5. The molecule has 2 aromatic carbocycles. The van der Waals surface area contributed by atoms with Crippen LogP contribution in [0.5, 0.6) is 5.75 Å². The topological polar surface area (TPSA) is 96.0 Å². The third-order valence-corrected chi connectivity index (χ3v) is 7.03. The van der Waals surface area contributed by atoms with E-state index < -0.39 is 28.5 Å². The highest BCUT2D eigenvalue weighted by Gasteiger charge is 2.32. The summed E-state index contributed by atoms with van der Waals surface area (Å²) in [5.41, 5.74) is 1.02. The number of methoxy groups -OCH3 is 1. The molecular formula is C25H34ClN3O5S. The fourth-order valence-electron chi connectivity index (χ4n) is 3.57. The standard InChI is InChI=1S/C25H34ClN3O5S/c1-6-18(3)27-25(31)23(7-2)28(16-19-10-8-13-22(14-19)34-4)24(30)17-29(35(5,32)33)21-12-9-11-20(26)15-21/h8-15,18,23H,6-7,16-17H2,1-5H3,(H,27,31)/t18-,23+/m0/s1. The van der Waals surface area contributed by atoms with Crippen LogP contribution in [0.4, 0.5) is 5.69 Å². The van der Waals surface area contributed by atoms with Crippen LogP contribution in [-0.4, -0.2) is 57.1 Å². The Kier molecular flexibility index (Phi) is 10.4. The molecule has 0 fully saturated rings. The summed E-state index contributed by atoms with van der Waals surface area (Å²) in [4.78, 5) is 28.2. The van der Waals surface area contributed by atoms with Crippen LogP contribution in [0, 0.1) is 0 Å². The Labute approximate surface area is 213 Å². The molecule has 0 saturated heterocycles. The van der Waals surface area contributed by atoms with Crippen molar-refractivity contribution in [1.29, 1.82) is 0 Å². The molecular weight excluding hydrogens is 490 g/mol. The molecule has 35 heavy (non-hydrogen) atoms. The largest absolute Gasteiger partial charge is 0.497 e. The second-order valence-corrected chi connectivity index (χ2v) is 10.7. The van der Waals surface area contributed by atoms with Gasteiger partial charge in [0.15, 0.2) is 0 Å². The van der Waals surface area contributed by atoms with E-state index in [-0.39, 0.29) is 24.2 Å². The van der Waals surface area contributed by atoms with Crippen LogP contribution >= 0.6 is 11.6 Å². The number of nitrogens with zero attached hydrogens (tertiary/aromatic N) is 2. The summed E-state index contributed by atoms with van der Waals surface area (Å²) in [6.45, 7) is 5.30. The number of rotatable bonds is 12. The van der Waals surface area contributed by atoms with E-state index in [2.05, 4.69) is 5.32 Å². The minimum Gasteiger partial charge on any atom is -0.497 e. The first-order valence-corrected chi connectivity index (χ1v) is 13.7. The summed E-state index contributed by atoms with van der Waals surface area (Å²) in [6.07, 6.45) is 2.12. The number of halogens is 1. The lowest BCUT2D eigenvalue weighted by atomic mass is 10.1. The highest BCUT2D eigenvalue weighted by molar-refractivity contribution is 7.92. The number of benzene rings is 2. The second kappa shape index (κ2) is 12.8. The van der Waals surface area contributed by atoms with Gasteiger partial charge in [-0.15, -0.1) is 0 Å². The quantitative estimate of drug-likeness (QED) is 0.456. The van der Waals surface area contributed by atoms with Crippen LogP contribution in [0.1, 0.15) is 39.2 Å². The molecule has 0 spiro atoms. The summed E-state index contributed by atoms with van der Waals surface area (Å²) in [6, 6.07) is 12.6. The Morgan fingerprint density at radius 3 is 2.34 bits per heavy atom. The number of nitrogens with one attached hydrogen (secondary N) is 1. The zero-order valence-corrected chi connectivity index (χ0v) is 22.4. The number of carbonyl (C=O) groups is 2. The first kappa shape index (κ1) is 28.5. The Hall–Kier alpha value is -2.78. The number of sulfonamides is 1. The van der Waals surface area contributed by atoms with Crippen molar-refractivity contribution in [2.24, 2.45) is 0 Å². The van der Waals surface area contributed by atoms with Crippen LogP contribution < -0.4 is 14.4 Å². The molecule has 1 N–H and O–H groups in total.